The van der Waals surface area contributed by atoms with E-state index in [-0.39, 0.29) is 11.7 Å². The van der Waals surface area contributed by atoms with Gasteiger partial charge in [-0.15, -0.1) is 11.3 Å². The van der Waals surface area contributed by atoms with Gasteiger partial charge in [-0.1, -0.05) is 17.7 Å². The van der Waals surface area contributed by atoms with Crippen molar-refractivity contribution in [3.63, 3.8) is 0 Å². The minimum Gasteiger partial charge on any atom is -0.311 e. The maximum atomic E-state index is 12.9. The second kappa shape index (κ2) is 8.59. The minimum atomic E-state index is -3.56. The Balaban J connectivity index is 1.40. The SMILES string of the molecule is CN(C)C1CCc2cc(N3CC[C@H](NS(=O)(=O)CCc4ccc(Cl)s4)C3=O)ccc21. The van der Waals surface area contributed by atoms with Gasteiger partial charge in [0, 0.05) is 23.2 Å². The van der Waals surface area contributed by atoms with Crippen LogP contribution in [-0.4, -0.2) is 51.7 Å². The van der Waals surface area contributed by atoms with Crippen LogP contribution in [0.15, 0.2) is 30.3 Å². The van der Waals surface area contributed by atoms with Gasteiger partial charge in [-0.05, 0) is 75.2 Å². The van der Waals surface area contributed by atoms with Gasteiger partial charge in [-0.3, -0.25) is 4.79 Å². The number of thiophene rings is 1. The molecule has 1 N–H and O–H groups in total. The summed E-state index contributed by atoms with van der Waals surface area (Å²) in [7, 11) is 0.611. The summed E-state index contributed by atoms with van der Waals surface area (Å²) >= 11 is 7.28. The number of nitrogens with one attached hydrogen (secondary N) is 1. The van der Waals surface area contributed by atoms with E-state index >= 15 is 0 Å². The fraction of sp³-hybridized carbons (Fsp3) is 0.476. The third kappa shape index (κ3) is 4.57. The van der Waals surface area contributed by atoms with Gasteiger partial charge in [0.2, 0.25) is 15.9 Å². The lowest BCUT2D eigenvalue weighted by Crippen LogP contribution is -2.42. The van der Waals surface area contributed by atoms with Crippen LogP contribution in [0, 0.1) is 0 Å². The maximum absolute atomic E-state index is 12.9. The number of amides is 1. The zero-order valence-electron chi connectivity index (χ0n) is 17.1. The number of hydrogen-bond acceptors (Lipinski definition) is 5. The summed E-state index contributed by atoms with van der Waals surface area (Å²) in [4.78, 5) is 17.8. The third-order valence-electron chi connectivity index (χ3n) is 5.88. The van der Waals surface area contributed by atoms with Crippen LogP contribution >= 0.6 is 22.9 Å². The predicted octanol–water partition coefficient (Wildman–Crippen LogP) is 3.22. The summed E-state index contributed by atoms with van der Waals surface area (Å²) in [6.07, 6.45) is 2.93. The highest BCUT2D eigenvalue weighted by atomic mass is 35.5. The number of rotatable bonds is 7. The van der Waals surface area contributed by atoms with Crippen LogP contribution in [0.25, 0.3) is 0 Å². The van der Waals surface area contributed by atoms with Crippen LogP contribution in [0.5, 0.6) is 0 Å². The summed E-state index contributed by atoms with van der Waals surface area (Å²) in [5, 5.41) is 0. The first-order valence-corrected chi connectivity index (χ1v) is 12.9. The van der Waals surface area contributed by atoms with E-state index < -0.39 is 16.1 Å². The Morgan fingerprint density at radius 1 is 1.23 bits per heavy atom. The quantitative estimate of drug-likeness (QED) is 0.678. The van der Waals surface area contributed by atoms with E-state index in [0.717, 1.165) is 23.4 Å². The van der Waals surface area contributed by atoms with Gasteiger partial charge in [0.05, 0.1) is 10.1 Å². The van der Waals surface area contributed by atoms with E-state index in [0.29, 0.717) is 29.8 Å². The second-order valence-electron chi connectivity index (χ2n) is 8.12. The van der Waals surface area contributed by atoms with E-state index in [1.807, 2.05) is 12.1 Å². The number of benzene rings is 1. The number of aryl methyl sites for hydroxylation is 2. The largest absolute Gasteiger partial charge is 0.311 e. The van der Waals surface area contributed by atoms with E-state index in [2.05, 4.69) is 35.9 Å². The first-order chi connectivity index (χ1) is 14.2. The molecule has 0 saturated carbocycles. The second-order valence-corrected chi connectivity index (χ2v) is 11.8. The molecule has 6 nitrogen and oxygen atoms in total. The molecular weight excluding hydrogens is 442 g/mol. The van der Waals surface area contributed by atoms with Crippen LogP contribution in [-0.2, 0) is 27.7 Å². The van der Waals surface area contributed by atoms with Crippen LogP contribution in [0.4, 0.5) is 5.69 Å². The average Bonchev–Trinajstić information content (AvgIpc) is 3.39. The fourth-order valence-corrected chi connectivity index (χ4v) is 6.80. The Labute approximate surface area is 186 Å². The molecule has 0 radical (unpaired) electrons. The van der Waals surface area contributed by atoms with Gasteiger partial charge in [0.1, 0.15) is 6.04 Å². The van der Waals surface area contributed by atoms with Crippen molar-refractivity contribution in [1.29, 1.82) is 0 Å². The molecule has 1 aliphatic heterocycles. The van der Waals surface area contributed by atoms with E-state index in [9.17, 15) is 13.2 Å². The monoisotopic (exact) mass is 467 g/mol. The van der Waals surface area contributed by atoms with Gasteiger partial charge < -0.3 is 9.80 Å². The molecule has 2 aliphatic rings. The predicted molar refractivity (Wildman–Crippen MR) is 122 cm³/mol. The molecule has 1 fully saturated rings. The molecule has 1 saturated heterocycles. The molecule has 1 aromatic carbocycles. The number of hydrogen-bond donors (Lipinski definition) is 1. The Kier molecular flexibility index (Phi) is 6.23. The number of anilines is 1. The van der Waals surface area contributed by atoms with Gasteiger partial charge >= 0.3 is 0 Å². The lowest BCUT2D eigenvalue weighted by molar-refractivity contribution is -0.118. The number of nitrogens with zero attached hydrogens (tertiary/aromatic N) is 2. The van der Waals surface area contributed by atoms with Gasteiger partial charge in [0.15, 0.2) is 0 Å². The lowest BCUT2D eigenvalue weighted by atomic mass is 10.1. The molecule has 1 amide bonds. The van der Waals surface area contributed by atoms with Crippen LogP contribution in [0.3, 0.4) is 0 Å². The summed E-state index contributed by atoms with van der Waals surface area (Å²) in [5.74, 6) is -0.238. The lowest BCUT2D eigenvalue weighted by Gasteiger charge is -2.22. The Bertz CT molecular complexity index is 1050. The Morgan fingerprint density at radius 2 is 2.03 bits per heavy atom. The molecule has 30 heavy (non-hydrogen) atoms. The highest BCUT2D eigenvalue weighted by Crippen LogP contribution is 2.37. The van der Waals surface area contributed by atoms with Crippen molar-refractivity contribution in [3.8, 4) is 0 Å². The molecular formula is C21H26ClN3O3S2. The number of fused-ring (bicyclic) bond motifs is 1. The fourth-order valence-electron chi connectivity index (χ4n) is 4.33. The zero-order chi connectivity index (χ0) is 21.5. The van der Waals surface area contributed by atoms with Crippen molar-refractivity contribution < 1.29 is 13.2 Å². The molecule has 162 valence electrons. The normalized spacial score (nSPS) is 21.6. The van der Waals surface area contributed by atoms with E-state index in [1.54, 1.807) is 11.0 Å². The molecule has 4 rings (SSSR count). The van der Waals surface area contributed by atoms with Crippen molar-refractivity contribution in [2.45, 2.75) is 37.8 Å². The molecule has 0 bridgehead atoms. The van der Waals surface area contributed by atoms with Gasteiger partial charge in [-0.2, -0.15) is 0 Å². The standard InChI is InChI=1S/C21H26ClN3O3S2/c1-24(2)19-7-3-14-13-15(4-6-17(14)19)25-11-9-18(21(25)26)23-30(27,28)12-10-16-5-8-20(22)29-16/h4-6,8,13,18-19,23H,3,7,9-12H2,1-2H3/t18-,19?/m0/s1. The van der Waals surface area contributed by atoms with Crippen molar-refractivity contribution in [2.24, 2.45) is 0 Å². The molecule has 2 atom stereocenters. The topological polar surface area (TPSA) is 69.7 Å². The molecule has 2 heterocycles. The molecule has 9 heteroatoms. The summed E-state index contributed by atoms with van der Waals surface area (Å²) < 4.78 is 28.2. The van der Waals surface area contributed by atoms with Gasteiger partial charge in [-0.25, -0.2) is 13.1 Å². The van der Waals surface area contributed by atoms with Crippen LogP contribution in [0.1, 0.15) is 34.9 Å². The molecule has 1 unspecified atom stereocenters. The summed E-state index contributed by atoms with van der Waals surface area (Å²) in [5.41, 5.74) is 3.45. The van der Waals surface area contributed by atoms with Crippen molar-refractivity contribution >= 4 is 44.6 Å². The van der Waals surface area contributed by atoms with E-state index in [4.69, 9.17) is 11.6 Å². The third-order valence-corrected chi connectivity index (χ3v) is 8.56. The molecule has 1 aromatic heterocycles. The number of halogens is 1. The minimum absolute atomic E-state index is 0.0572. The average molecular weight is 468 g/mol. The van der Waals surface area contributed by atoms with Crippen LogP contribution in [0.2, 0.25) is 4.34 Å². The maximum Gasteiger partial charge on any atom is 0.245 e. The van der Waals surface area contributed by atoms with E-state index in [1.165, 1.54) is 22.5 Å². The van der Waals surface area contributed by atoms with Crippen molar-refractivity contribution in [1.82, 2.24) is 9.62 Å². The highest BCUT2D eigenvalue weighted by Gasteiger charge is 2.36. The summed E-state index contributed by atoms with van der Waals surface area (Å²) in [6, 6.07) is 9.49. The highest BCUT2D eigenvalue weighted by molar-refractivity contribution is 7.89. The van der Waals surface area contributed by atoms with Crippen molar-refractivity contribution in [2.75, 3.05) is 31.3 Å². The Hall–Kier alpha value is -1.45. The molecule has 0 spiro atoms. The summed E-state index contributed by atoms with van der Waals surface area (Å²) in [6.45, 7) is 0.516. The zero-order valence-corrected chi connectivity index (χ0v) is 19.5. The molecule has 2 aromatic rings. The van der Waals surface area contributed by atoms with Gasteiger partial charge in [0.25, 0.3) is 0 Å². The smallest absolute Gasteiger partial charge is 0.245 e. The first-order valence-electron chi connectivity index (χ1n) is 10.1. The number of sulfonamides is 1. The Morgan fingerprint density at radius 3 is 2.73 bits per heavy atom. The van der Waals surface area contributed by atoms with Crippen LogP contribution < -0.4 is 9.62 Å². The first kappa shape index (κ1) is 21.8. The number of carbonyl (C=O) groups is 1. The molecule has 1 aliphatic carbocycles. The number of carbonyl (C=O) groups excluding carboxylic acids is 1. The van der Waals surface area contributed by atoms with Crippen molar-refractivity contribution in [3.05, 3.63) is 50.7 Å².